The number of nitrogens with zero attached hydrogens (tertiary/aromatic N) is 1. The monoisotopic (exact) mass is 433 g/mol. The summed E-state index contributed by atoms with van der Waals surface area (Å²) < 4.78 is 23.0. The van der Waals surface area contributed by atoms with Crippen LogP contribution in [-0.2, 0) is 28.5 Å². The van der Waals surface area contributed by atoms with Crippen LogP contribution in [0.4, 0.5) is 0 Å². The van der Waals surface area contributed by atoms with E-state index in [0.717, 1.165) is 19.4 Å². The third-order valence-corrected chi connectivity index (χ3v) is 7.84. The summed E-state index contributed by atoms with van der Waals surface area (Å²) in [5.41, 5.74) is 0.438. The molecular weight excluding hydrogens is 402 g/mol. The molecule has 5 rings (SSSR count). The molecule has 0 unspecified atom stereocenters. The molecular formula is C23H31NO7. The fraction of sp³-hybridized carbons (Fsp3) is 0.739. The maximum absolute atomic E-state index is 12.1. The molecule has 0 bridgehead atoms. The minimum absolute atomic E-state index is 0.0255. The third kappa shape index (κ3) is 3.09. The van der Waals surface area contributed by atoms with Crippen molar-refractivity contribution in [3.8, 4) is 0 Å². The Morgan fingerprint density at radius 3 is 2.58 bits per heavy atom. The molecule has 0 aromatic heterocycles. The number of hydrogen-bond donors (Lipinski definition) is 1. The number of carbonyl (C=O) groups is 2. The second-order valence-corrected chi connectivity index (χ2v) is 9.62. The van der Waals surface area contributed by atoms with E-state index in [0.29, 0.717) is 35.7 Å². The van der Waals surface area contributed by atoms with Gasteiger partial charge >= 0.3 is 11.9 Å². The summed E-state index contributed by atoms with van der Waals surface area (Å²) in [5, 5.41) is 11.1. The predicted molar refractivity (Wildman–Crippen MR) is 108 cm³/mol. The van der Waals surface area contributed by atoms with Crippen LogP contribution in [0, 0.1) is 17.8 Å². The minimum Gasteiger partial charge on any atom is -0.492 e. The van der Waals surface area contributed by atoms with Crippen molar-refractivity contribution in [1.29, 1.82) is 0 Å². The number of aliphatic hydroxyl groups is 1. The number of carbonyl (C=O) groups excluding carboxylic acids is 2. The molecule has 8 atom stereocenters. The molecule has 5 aliphatic heterocycles. The number of esters is 2. The zero-order valence-corrected chi connectivity index (χ0v) is 18.5. The van der Waals surface area contributed by atoms with Gasteiger partial charge in [0.1, 0.15) is 18.0 Å². The highest BCUT2D eigenvalue weighted by atomic mass is 16.6. The first kappa shape index (κ1) is 20.8. The van der Waals surface area contributed by atoms with Crippen LogP contribution in [0.25, 0.3) is 0 Å². The molecule has 0 saturated carbocycles. The maximum Gasteiger partial charge on any atom is 0.343 e. The highest BCUT2D eigenvalue weighted by Gasteiger charge is 2.57. The molecule has 0 aromatic carbocycles. The summed E-state index contributed by atoms with van der Waals surface area (Å²) in [6, 6.07) is -0.0640. The van der Waals surface area contributed by atoms with Gasteiger partial charge in [-0.3, -0.25) is 9.69 Å². The average Bonchev–Trinajstić information content (AvgIpc) is 3.37. The Labute approximate surface area is 182 Å². The Balaban J connectivity index is 1.46. The number of allylic oxidation sites excluding steroid dienone is 1. The molecule has 170 valence electrons. The molecule has 8 heteroatoms. The third-order valence-electron chi connectivity index (χ3n) is 7.84. The largest absolute Gasteiger partial charge is 0.492 e. The molecule has 8 nitrogen and oxygen atoms in total. The van der Waals surface area contributed by atoms with Crippen molar-refractivity contribution < 1.29 is 33.6 Å². The highest BCUT2D eigenvalue weighted by Crippen LogP contribution is 2.50. The predicted octanol–water partition coefficient (Wildman–Crippen LogP) is 1.88. The quantitative estimate of drug-likeness (QED) is 0.660. The molecule has 0 aliphatic carbocycles. The average molecular weight is 434 g/mol. The number of aliphatic hydroxyl groups excluding tert-OH is 1. The van der Waals surface area contributed by atoms with Crippen molar-refractivity contribution in [2.75, 3.05) is 13.7 Å². The second kappa shape index (κ2) is 7.52. The standard InChI is InChI=1S/C23H31NO7/c1-10-8-16(30-22(10)26)13-9-14(25)18-17-11(2)20(29-15(17)6-5-7-24(13)18)21-19(28-4)12(3)23(27)31-21/h10-11,13-18,25H,5-9H2,1-4H3/b21-20-/t10-,11-,13-,14+,15+,16-,17-,18-/m0/s1. The zero-order chi connectivity index (χ0) is 22.0. The molecule has 0 amide bonds. The van der Waals surface area contributed by atoms with E-state index in [1.54, 1.807) is 6.92 Å². The Morgan fingerprint density at radius 1 is 1.13 bits per heavy atom. The first-order valence-corrected chi connectivity index (χ1v) is 11.3. The van der Waals surface area contributed by atoms with E-state index in [1.807, 2.05) is 6.92 Å². The van der Waals surface area contributed by atoms with Gasteiger partial charge in [-0.05, 0) is 39.2 Å². The van der Waals surface area contributed by atoms with Crippen LogP contribution in [0.1, 0.15) is 46.5 Å². The summed E-state index contributed by atoms with van der Waals surface area (Å²) in [5.74, 6) is 0.794. The van der Waals surface area contributed by atoms with E-state index in [9.17, 15) is 14.7 Å². The van der Waals surface area contributed by atoms with Gasteiger partial charge in [0.15, 0.2) is 5.76 Å². The van der Waals surface area contributed by atoms with Gasteiger partial charge < -0.3 is 24.1 Å². The smallest absolute Gasteiger partial charge is 0.343 e. The molecule has 0 radical (unpaired) electrons. The number of fused-ring (bicyclic) bond motifs is 3. The van der Waals surface area contributed by atoms with E-state index >= 15 is 0 Å². The molecule has 1 N–H and O–H groups in total. The zero-order valence-electron chi connectivity index (χ0n) is 18.5. The van der Waals surface area contributed by atoms with Gasteiger partial charge in [0.2, 0.25) is 5.76 Å². The summed E-state index contributed by atoms with van der Waals surface area (Å²) >= 11 is 0. The van der Waals surface area contributed by atoms with Crippen LogP contribution in [0.3, 0.4) is 0 Å². The minimum atomic E-state index is -0.522. The van der Waals surface area contributed by atoms with Gasteiger partial charge in [0.25, 0.3) is 0 Å². The van der Waals surface area contributed by atoms with E-state index in [1.165, 1.54) is 7.11 Å². The van der Waals surface area contributed by atoms with Gasteiger partial charge in [-0.25, -0.2) is 4.79 Å². The summed E-state index contributed by atoms with van der Waals surface area (Å²) in [4.78, 5) is 26.5. The lowest BCUT2D eigenvalue weighted by atomic mass is 9.81. The Hall–Kier alpha value is -2.06. The first-order chi connectivity index (χ1) is 14.8. The SMILES string of the molecule is COC1=C(C)C(=O)O/C1=C1\O[C@@H]2CCCN3[C@H]([C@H]2[C@@H]1C)[C@H](O)C[C@H]3[C@@H]1C[C@H](C)C(=O)O1. The van der Waals surface area contributed by atoms with Gasteiger partial charge in [-0.2, -0.15) is 0 Å². The lowest BCUT2D eigenvalue weighted by Gasteiger charge is -2.35. The number of ether oxygens (including phenoxy) is 4. The normalized spacial score (nSPS) is 45.2. The van der Waals surface area contributed by atoms with E-state index < -0.39 is 12.1 Å². The van der Waals surface area contributed by atoms with Crippen LogP contribution in [0.5, 0.6) is 0 Å². The highest BCUT2D eigenvalue weighted by molar-refractivity contribution is 5.93. The van der Waals surface area contributed by atoms with E-state index in [-0.39, 0.29) is 48.0 Å². The van der Waals surface area contributed by atoms with Crippen LogP contribution < -0.4 is 0 Å². The van der Waals surface area contributed by atoms with Gasteiger partial charge in [0.05, 0.1) is 24.7 Å². The second-order valence-electron chi connectivity index (χ2n) is 9.62. The van der Waals surface area contributed by atoms with Crippen LogP contribution in [0.15, 0.2) is 22.9 Å². The molecule has 0 aromatic rings. The summed E-state index contributed by atoms with van der Waals surface area (Å²) in [6.45, 7) is 6.51. The lowest BCUT2D eigenvalue weighted by molar-refractivity contribution is -0.146. The van der Waals surface area contributed by atoms with Crippen molar-refractivity contribution in [3.63, 3.8) is 0 Å². The Kier molecular flexibility index (Phi) is 5.05. The topological polar surface area (TPSA) is 94.5 Å². The first-order valence-electron chi connectivity index (χ1n) is 11.3. The van der Waals surface area contributed by atoms with Gasteiger partial charge in [-0.15, -0.1) is 0 Å². The lowest BCUT2D eigenvalue weighted by Crippen LogP contribution is -2.48. The van der Waals surface area contributed by atoms with Gasteiger partial charge in [-0.1, -0.05) is 13.8 Å². The van der Waals surface area contributed by atoms with Crippen molar-refractivity contribution in [2.45, 2.75) is 76.9 Å². The van der Waals surface area contributed by atoms with Crippen molar-refractivity contribution in [1.82, 2.24) is 4.90 Å². The number of methoxy groups -OCH3 is 1. The molecule has 31 heavy (non-hydrogen) atoms. The molecule has 4 fully saturated rings. The van der Waals surface area contributed by atoms with Crippen molar-refractivity contribution >= 4 is 11.9 Å². The Morgan fingerprint density at radius 2 is 1.90 bits per heavy atom. The number of rotatable bonds is 2. The maximum atomic E-state index is 12.1. The number of cyclic esters (lactones) is 2. The summed E-state index contributed by atoms with van der Waals surface area (Å²) in [6.07, 6.45) is 2.32. The number of hydrogen-bond acceptors (Lipinski definition) is 8. The molecule has 5 aliphatic rings. The van der Waals surface area contributed by atoms with Crippen molar-refractivity contribution in [2.24, 2.45) is 17.8 Å². The molecule has 0 spiro atoms. The van der Waals surface area contributed by atoms with Crippen LogP contribution >= 0.6 is 0 Å². The molecule has 4 saturated heterocycles. The summed E-state index contributed by atoms with van der Waals surface area (Å²) in [7, 11) is 1.52. The van der Waals surface area contributed by atoms with E-state index in [2.05, 4.69) is 11.8 Å². The van der Waals surface area contributed by atoms with Crippen LogP contribution in [0.2, 0.25) is 0 Å². The van der Waals surface area contributed by atoms with Gasteiger partial charge in [0, 0.05) is 23.9 Å². The van der Waals surface area contributed by atoms with Crippen molar-refractivity contribution in [3.05, 3.63) is 22.9 Å². The fourth-order valence-electron chi connectivity index (χ4n) is 6.35. The Bertz CT molecular complexity index is 864. The van der Waals surface area contributed by atoms with E-state index in [4.69, 9.17) is 18.9 Å². The van der Waals surface area contributed by atoms with Crippen LogP contribution in [-0.4, -0.2) is 66.0 Å². The fourth-order valence-corrected chi connectivity index (χ4v) is 6.35. The molecule has 5 heterocycles.